The predicted molar refractivity (Wildman–Crippen MR) is 91.7 cm³/mol. The van der Waals surface area contributed by atoms with E-state index in [0.29, 0.717) is 37.2 Å². The van der Waals surface area contributed by atoms with Crippen LogP contribution in [0.1, 0.15) is 35.3 Å². The lowest BCUT2D eigenvalue weighted by molar-refractivity contribution is 0.0711. The van der Waals surface area contributed by atoms with Crippen LogP contribution in [0.15, 0.2) is 18.6 Å². The molecule has 2 aliphatic rings. The normalized spacial score (nSPS) is 17.7. The van der Waals surface area contributed by atoms with E-state index in [9.17, 15) is 4.79 Å². The molecule has 0 radical (unpaired) electrons. The number of anilines is 1. The van der Waals surface area contributed by atoms with Crippen LogP contribution in [0.25, 0.3) is 0 Å². The second-order valence-electron chi connectivity index (χ2n) is 6.54. The average Bonchev–Trinajstić information content (AvgIpc) is 3.06. The van der Waals surface area contributed by atoms with E-state index in [-0.39, 0.29) is 5.91 Å². The molecule has 2 aromatic rings. The molecule has 2 aliphatic heterocycles. The number of piperidine rings is 1. The van der Waals surface area contributed by atoms with Gasteiger partial charge >= 0.3 is 0 Å². The molecular formula is C17H22N6O2. The zero-order chi connectivity index (χ0) is 17.2. The van der Waals surface area contributed by atoms with Crippen LogP contribution in [-0.2, 0) is 6.54 Å². The molecule has 25 heavy (non-hydrogen) atoms. The number of nitrogens with one attached hydrogen (secondary N) is 1. The molecule has 0 unspecified atom stereocenters. The Morgan fingerprint density at radius 2 is 2.12 bits per heavy atom. The summed E-state index contributed by atoms with van der Waals surface area (Å²) in [5.41, 5.74) is 1.52. The van der Waals surface area contributed by atoms with Crippen LogP contribution < -0.4 is 10.1 Å². The van der Waals surface area contributed by atoms with E-state index >= 15 is 0 Å². The zero-order valence-corrected chi connectivity index (χ0v) is 14.3. The van der Waals surface area contributed by atoms with Crippen molar-refractivity contribution in [2.45, 2.75) is 38.8 Å². The molecule has 0 aliphatic carbocycles. The second kappa shape index (κ2) is 6.70. The second-order valence-corrected chi connectivity index (χ2v) is 6.54. The molecule has 0 aromatic carbocycles. The molecular weight excluding hydrogens is 320 g/mol. The summed E-state index contributed by atoms with van der Waals surface area (Å²) in [6.45, 7) is 4.84. The number of aryl methyl sites for hydroxylation is 2. The van der Waals surface area contributed by atoms with Crippen molar-refractivity contribution >= 4 is 11.7 Å². The highest BCUT2D eigenvalue weighted by Gasteiger charge is 2.28. The highest BCUT2D eigenvalue weighted by molar-refractivity contribution is 5.96. The van der Waals surface area contributed by atoms with E-state index in [4.69, 9.17) is 4.74 Å². The van der Waals surface area contributed by atoms with Gasteiger partial charge in [-0.05, 0) is 19.8 Å². The number of carbonyl (C=O) groups excluding carboxylic acids is 1. The van der Waals surface area contributed by atoms with E-state index in [0.717, 1.165) is 37.3 Å². The van der Waals surface area contributed by atoms with E-state index in [2.05, 4.69) is 20.4 Å². The summed E-state index contributed by atoms with van der Waals surface area (Å²) >= 11 is 0. The molecule has 1 amide bonds. The minimum atomic E-state index is 0.0134. The number of hydrogen-bond donors (Lipinski definition) is 1. The largest absolute Gasteiger partial charge is 0.477 e. The van der Waals surface area contributed by atoms with Crippen molar-refractivity contribution in [1.82, 2.24) is 24.6 Å². The Morgan fingerprint density at radius 1 is 1.28 bits per heavy atom. The van der Waals surface area contributed by atoms with Gasteiger partial charge in [0.25, 0.3) is 5.91 Å². The molecule has 4 heterocycles. The average molecular weight is 342 g/mol. The number of carbonyl (C=O) groups is 1. The van der Waals surface area contributed by atoms with Crippen molar-refractivity contribution in [2.75, 3.05) is 25.0 Å². The molecule has 4 rings (SSSR count). The number of ether oxygens (including phenoxy) is 1. The van der Waals surface area contributed by atoms with Gasteiger partial charge in [0, 0.05) is 43.9 Å². The maximum Gasteiger partial charge on any atom is 0.260 e. The third kappa shape index (κ3) is 3.29. The van der Waals surface area contributed by atoms with E-state index in [1.165, 1.54) is 0 Å². The number of nitrogens with zero attached hydrogens (tertiary/aromatic N) is 5. The Kier molecular flexibility index (Phi) is 4.25. The topological polar surface area (TPSA) is 85.2 Å². The molecule has 1 saturated heterocycles. The molecule has 0 spiro atoms. The maximum absolute atomic E-state index is 12.8. The van der Waals surface area contributed by atoms with Gasteiger partial charge in [-0.25, -0.2) is 14.6 Å². The molecule has 0 atom stereocenters. The van der Waals surface area contributed by atoms with Crippen molar-refractivity contribution in [3.05, 3.63) is 29.8 Å². The molecule has 8 heteroatoms. The SMILES string of the molecule is Cc1cc(NC2CCN(C(=O)c3cnn4c3OCCC4)CC2)ncn1. The monoisotopic (exact) mass is 342 g/mol. The molecule has 1 fully saturated rings. The summed E-state index contributed by atoms with van der Waals surface area (Å²) in [5, 5.41) is 7.70. The summed E-state index contributed by atoms with van der Waals surface area (Å²) in [4.78, 5) is 23.0. The highest BCUT2D eigenvalue weighted by atomic mass is 16.5. The zero-order valence-electron chi connectivity index (χ0n) is 14.3. The first kappa shape index (κ1) is 15.9. The highest BCUT2D eigenvalue weighted by Crippen LogP contribution is 2.25. The maximum atomic E-state index is 12.8. The lowest BCUT2D eigenvalue weighted by Gasteiger charge is -2.32. The van der Waals surface area contributed by atoms with Gasteiger partial charge < -0.3 is 15.0 Å². The Hall–Kier alpha value is -2.64. The van der Waals surface area contributed by atoms with Crippen molar-refractivity contribution in [3.8, 4) is 5.88 Å². The van der Waals surface area contributed by atoms with E-state index in [1.807, 2.05) is 17.9 Å². The van der Waals surface area contributed by atoms with Gasteiger partial charge in [-0.3, -0.25) is 4.79 Å². The van der Waals surface area contributed by atoms with Crippen LogP contribution in [0.4, 0.5) is 5.82 Å². The number of amides is 1. The molecule has 1 N–H and O–H groups in total. The van der Waals surface area contributed by atoms with E-state index < -0.39 is 0 Å². The fraction of sp³-hybridized carbons (Fsp3) is 0.529. The van der Waals surface area contributed by atoms with Gasteiger partial charge in [-0.2, -0.15) is 5.10 Å². The van der Waals surface area contributed by atoms with Crippen molar-refractivity contribution in [1.29, 1.82) is 0 Å². The van der Waals surface area contributed by atoms with Gasteiger partial charge in [-0.1, -0.05) is 0 Å². The van der Waals surface area contributed by atoms with Crippen LogP contribution >= 0.6 is 0 Å². The Labute approximate surface area is 146 Å². The minimum absolute atomic E-state index is 0.0134. The summed E-state index contributed by atoms with van der Waals surface area (Å²) < 4.78 is 7.42. The first-order chi connectivity index (χ1) is 12.2. The number of rotatable bonds is 3. The smallest absolute Gasteiger partial charge is 0.260 e. The number of likely N-dealkylation sites (tertiary alicyclic amines) is 1. The summed E-state index contributed by atoms with van der Waals surface area (Å²) in [6.07, 6.45) is 5.91. The molecule has 0 saturated carbocycles. The quantitative estimate of drug-likeness (QED) is 0.909. The molecule has 0 bridgehead atoms. The van der Waals surface area contributed by atoms with Gasteiger partial charge in [-0.15, -0.1) is 0 Å². The lowest BCUT2D eigenvalue weighted by Crippen LogP contribution is -2.42. The van der Waals surface area contributed by atoms with Gasteiger partial charge in [0.05, 0.1) is 12.8 Å². The summed E-state index contributed by atoms with van der Waals surface area (Å²) in [6, 6.07) is 2.25. The van der Waals surface area contributed by atoms with Gasteiger partial charge in [0.2, 0.25) is 5.88 Å². The summed E-state index contributed by atoms with van der Waals surface area (Å²) in [5.74, 6) is 1.48. The number of fused-ring (bicyclic) bond motifs is 1. The van der Waals surface area contributed by atoms with Crippen molar-refractivity contribution < 1.29 is 9.53 Å². The van der Waals surface area contributed by atoms with Crippen LogP contribution in [0.2, 0.25) is 0 Å². The Bertz CT molecular complexity index is 766. The fourth-order valence-electron chi connectivity index (χ4n) is 3.36. The fourth-order valence-corrected chi connectivity index (χ4v) is 3.36. The molecule has 132 valence electrons. The predicted octanol–water partition coefficient (Wildman–Crippen LogP) is 1.48. The van der Waals surface area contributed by atoms with E-state index in [1.54, 1.807) is 17.2 Å². The van der Waals surface area contributed by atoms with Crippen LogP contribution in [-0.4, -0.2) is 56.3 Å². The first-order valence-electron chi connectivity index (χ1n) is 8.74. The van der Waals surface area contributed by atoms with Crippen LogP contribution in [0.5, 0.6) is 5.88 Å². The van der Waals surface area contributed by atoms with Crippen LogP contribution in [0.3, 0.4) is 0 Å². The van der Waals surface area contributed by atoms with Gasteiger partial charge in [0.15, 0.2) is 0 Å². The third-order valence-electron chi connectivity index (χ3n) is 4.71. The molecule has 2 aromatic heterocycles. The van der Waals surface area contributed by atoms with Crippen LogP contribution in [0, 0.1) is 6.92 Å². The molecule has 8 nitrogen and oxygen atoms in total. The summed E-state index contributed by atoms with van der Waals surface area (Å²) in [7, 11) is 0. The van der Waals surface area contributed by atoms with Crippen molar-refractivity contribution in [3.63, 3.8) is 0 Å². The lowest BCUT2D eigenvalue weighted by atomic mass is 10.0. The minimum Gasteiger partial charge on any atom is -0.477 e. The van der Waals surface area contributed by atoms with Gasteiger partial charge in [0.1, 0.15) is 17.7 Å². The number of hydrogen-bond acceptors (Lipinski definition) is 6. The Balaban J connectivity index is 1.37. The standard InChI is InChI=1S/C17H22N6O2/c1-12-9-15(19-11-18-12)21-13-3-6-22(7-4-13)16(24)14-10-20-23-5-2-8-25-17(14)23/h9-11,13H,2-8H2,1H3,(H,18,19,21). The third-order valence-corrected chi connectivity index (χ3v) is 4.71. The first-order valence-corrected chi connectivity index (χ1v) is 8.74. The Morgan fingerprint density at radius 3 is 2.92 bits per heavy atom. The van der Waals surface area contributed by atoms with Crippen molar-refractivity contribution in [2.24, 2.45) is 0 Å². The number of aromatic nitrogens is 4.